The highest BCUT2D eigenvalue weighted by Crippen LogP contribution is 1.99. The smallest absolute Gasteiger partial charge is 0.0437 e. The van der Waals surface area contributed by atoms with Gasteiger partial charge in [-0.15, -0.1) is 0 Å². The first kappa shape index (κ1) is 81.7. The molecule has 0 aromatic carbocycles. The Kier molecular flexibility index (Phi) is 174. The van der Waals surface area contributed by atoms with E-state index in [0.717, 1.165) is 26.4 Å². The lowest BCUT2D eigenvalue weighted by molar-refractivity contribution is 0.162. The molecule has 58 heavy (non-hydrogen) atoms. The second-order valence-corrected chi connectivity index (χ2v) is 15.2. The second kappa shape index (κ2) is 124. The van der Waals surface area contributed by atoms with Crippen LogP contribution in [-0.2, 0) is 9.47 Å². The Bertz CT molecular complexity index is 273. The monoisotopic (exact) mass is 837 g/mol. The summed E-state index contributed by atoms with van der Waals surface area (Å²) in [5, 5.41) is 0. The molecule has 0 radical (unpaired) electrons. The van der Waals surface area contributed by atoms with Gasteiger partial charge in [-0.1, -0.05) is 316 Å². The van der Waals surface area contributed by atoms with Gasteiger partial charge in [-0.25, -0.2) is 0 Å². The summed E-state index contributed by atoms with van der Waals surface area (Å²) in [7, 11) is 0. The van der Waals surface area contributed by atoms with E-state index in [1.54, 1.807) is 0 Å². The first-order valence-electron chi connectivity index (χ1n) is 27.3. The molecule has 0 unspecified atom stereocenters. The first-order chi connectivity index (χ1) is 28.1. The van der Waals surface area contributed by atoms with Gasteiger partial charge in [-0.05, 0) is 27.7 Å². The van der Waals surface area contributed by atoms with Crippen LogP contribution in [0.3, 0.4) is 0 Å². The Hall–Kier alpha value is -0.0800. The van der Waals surface area contributed by atoms with E-state index in [4.69, 9.17) is 9.47 Å². The molecule has 0 aliphatic carbocycles. The minimum Gasteiger partial charge on any atom is -0.382 e. The molecule has 0 spiro atoms. The zero-order valence-electron chi connectivity index (χ0n) is 46.3. The molecule has 368 valence electrons. The lowest BCUT2D eigenvalue weighted by Crippen LogP contribution is -1.84. The highest BCUT2D eigenvalue weighted by Gasteiger charge is 1.79. The van der Waals surface area contributed by atoms with E-state index < -0.39 is 0 Å². The van der Waals surface area contributed by atoms with Crippen LogP contribution in [0.15, 0.2) is 0 Å². The van der Waals surface area contributed by atoms with Gasteiger partial charge in [-0.3, -0.25) is 0 Å². The number of unbranched alkanes of at least 4 members (excludes halogenated alkanes) is 24. The van der Waals surface area contributed by atoms with Gasteiger partial charge in [0, 0.05) is 26.4 Å². The Morgan fingerprint density at radius 2 is 0.207 bits per heavy atom. The van der Waals surface area contributed by atoms with Crippen molar-refractivity contribution in [3.05, 3.63) is 0 Å². The van der Waals surface area contributed by atoms with Gasteiger partial charge in [0.05, 0.1) is 0 Å². The Morgan fingerprint density at radius 1 is 0.138 bits per heavy atom. The quantitative estimate of drug-likeness (QED) is 0.0731. The molecule has 0 amide bonds. The van der Waals surface area contributed by atoms with E-state index in [2.05, 4.69) is 111 Å². The molecule has 2 heteroatoms. The standard InChI is InChI=1S/8C6H14.2C4H10O/c8*1-3-5-6-4-2;2*1-3-5-4-2/h8*3-6H2,1-2H3;2*3-4H2,1-2H3. The third kappa shape index (κ3) is 216. The predicted octanol–water partition coefficient (Wildman–Crippen LogP) is 22.8. The average molecular weight is 838 g/mol. The maximum atomic E-state index is 4.83. The lowest BCUT2D eigenvalue weighted by atomic mass is 10.2. The third-order valence-corrected chi connectivity index (χ3v) is 8.47. The molecule has 0 fully saturated rings. The average Bonchev–Trinajstić information content (AvgIpc) is 3.25. The van der Waals surface area contributed by atoms with E-state index >= 15 is 0 Å². The summed E-state index contributed by atoms with van der Waals surface area (Å²) in [4.78, 5) is 0. The lowest BCUT2D eigenvalue weighted by Gasteiger charge is -1.86. The Balaban J connectivity index is -0.0000000552. The number of rotatable bonds is 28. The molecule has 0 aliphatic heterocycles. The van der Waals surface area contributed by atoms with Gasteiger partial charge in [0.1, 0.15) is 0 Å². The number of ether oxygens (including phenoxy) is 2. The van der Waals surface area contributed by atoms with Gasteiger partial charge in [-0.2, -0.15) is 0 Å². The topological polar surface area (TPSA) is 18.5 Å². The molecule has 0 aromatic heterocycles. The molecular formula is C56H132O2. The fourth-order valence-electron chi connectivity index (χ4n) is 4.41. The van der Waals surface area contributed by atoms with Crippen molar-refractivity contribution in [2.75, 3.05) is 26.4 Å². The largest absolute Gasteiger partial charge is 0.382 e. The predicted molar refractivity (Wildman–Crippen MR) is 283 cm³/mol. The van der Waals surface area contributed by atoms with Gasteiger partial charge in [0.15, 0.2) is 0 Å². The van der Waals surface area contributed by atoms with Crippen LogP contribution >= 0.6 is 0 Å². The van der Waals surface area contributed by atoms with Gasteiger partial charge >= 0.3 is 0 Å². The van der Waals surface area contributed by atoms with Crippen LogP contribution in [0.2, 0.25) is 0 Å². The van der Waals surface area contributed by atoms with E-state index in [1.165, 1.54) is 205 Å². The molecule has 0 saturated carbocycles. The van der Waals surface area contributed by atoms with Crippen molar-refractivity contribution in [3.63, 3.8) is 0 Å². The van der Waals surface area contributed by atoms with Crippen molar-refractivity contribution >= 4 is 0 Å². The maximum Gasteiger partial charge on any atom is 0.0437 e. The number of hydrogen-bond donors (Lipinski definition) is 0. The fourth-order valence-corrected chi connectivity index (χ4v) is 4.41. The fraction of sp³-hybridized carbons (Fsp3) is 1.00. The van der Waals surface area contributed by atoms with E-state index in [-0.39, 0.29) is 0 Å². The highest BCUT2D eigenvalue weighted by atomic mass is 16.5. The molecule has 0 aromatic rings. The van der Waals surface area contributed by atoms with Crippen molar-refractivity contribution in [2.45, 2.75) is 344 Å². The van der Waals surface area contributed by atoms with E-state index in [0.29, 0.717) is 0 Å². The van der Waals surface area contributed by atoms with Crippen LogP contribution in [0.25, 0.3) is 0 Å². The van der Waals surface area contributed by atoms with Crippen molar-refractivity contribution in [1.82, 2.24) is 0 Å². The van der Waals surface area contributed by atoms with Crippen molar-refractivity contribution in [2.24, 2.45) is 0 Å². The summed E-state index contributed by atoms with van der Waals surface area (Å²) >= 11 is 0. The van der Waals surface area contributed by atoms with Crippen LogP contribution in [0.5, 0.6) is 0 Å². The van der Waals surface area contributed by atoms with Gasteiger partial charge in [0.25, 0.3) is 0 Å². The van der Waals surface area contributed by atoms with Crippen LogP contribution in [0.4, 0.5) is 0 Å². The summed E-state index contributed by atoms with van der Waals surface area (Å²) in [5.74, 6) is 0. The van der Waals surface area contributed by atoms with Crippen LogP contribution in [-0.4, -0.2) is 26.4 Å². The molecule has 0 N–H and O–H groups in total. The second-order valence-electron chi connectivity index (χ2n) is 15.2. The third-order valence-electron chi connectivity index (χ3n) is 8.47. The van der Waals surface area contributed by atoms with Crippen molar-refractivity contribution < 1.29 is 9.47 Å². The summed E-state index contributed by atoms with van der Waals surface area (Å²) in [6.45, 7) is 47.0. The first-order valence-corrected chi connectivity index (χ1v) is 27.3. The summed E-state index contributed by atoms with van der Waals surface area (Å²) in [6, 6.07) is 0. The molecule has 0 bridgehead atoms. The Labute approximate surface area is 378 Å². The minimum atomic E-state index is 0.844. The Morgan fingerprint density at radius 3 is 0.224 bits per heavy atom. The zero-order chi connectivity index (χ0) is 46.9. The molecule has 2 nitrogen and oxygen atoms in total. The minimum absolute atomic E-state index is 0.844. The van der Waals surface area contributed by atoms with E-state index in [9.17, 15) is 0 Å². The van der Waals surface area contributed by atoms with Gasteiger partial charge < -0.3 is 9.47 Å². The van der Waals surface area contributed by atoms with Gasteiger partial charge in [0.2, 0.25) is 0 Å². The molecule has 0 rings (SSSR count). The number of hydrogen-bond acceptors (Lipinski definition) is 2. The molecule has 0 saturated heterocycles. The summed E-state index contributed by atoms with van der Waals surface area (Å²) in [6.07, 6.45) is 44.3. The van der Waals surface area contributed by atoms with Crippen LogP contribution in [0, 0.1) is 0 Å². The van der Waals surface area contributed by atoms with Crippen LogP contribution in [0.1, 0.15) is 344 Å². The van der Waals surface area contributed by atoms with Crippen molar-refractivity contribution in [1.29, 1.82) is 0 Å². The molecular weight excluding hydrogens is 705 g/mol. The SMILES string of the molecule is CCCCCC.CCCCCC.CCCCCC.CCCCCC.CCCCCC.CCCCCC.CCCCCC.CCCCCC.CCOCC.CCOCC. The maximum absolute atomic E-state index is 4.83. The molecule has 0 aliphatic rings. The highest BCUT2D eigenvalue weighted by molar-refractivity contribution is 4.35. The summed E-state index contributed by atoms with van der Waals surface area (Å²) in [5.41, 5.74) is 0. The summed E-state index contributed by atoms with van der Waals surface area (Å²) < 4.78 is 9.67. The zero-order valence-corrected chi connectivity index (χ0v) is 46.3. The van der Waals surface area contributed by atoms with Crippen LogP contribution < -0.4 is 0 Å². The van der Waals surface area contributed by atoms with E-state index in [1.807, 2.05) is 27.7 Å². The normalized spacial score (nSPS) is 8.90. The molecule has 0 atom stereocenters. The van der Waals surface area contributed by atoms with Crippen molar-refractivity contribution in [3.8, 4) is 0 Å². The molecule has 0 heterocycles.